The molecule has 1 heterocycles. The molecule has 0 spiro atoms. The monoisotopic (exact) mass is 339 g/mol. The van der Waals surface area contributed by atoms with Crippen molar-refractivity contribution in [3.8, 4) is 0 Å². The minimum absolute atomic E-state index is 0.151. The van der Waals surface area contributed by atoms with E-state index in [9.17, 15) is 9.59 Å². The lowest BCUT2D eigenvalue weighted by atomic mass is 10.0. The third-order valence-corrected chi connectivity index (χ3v) is 3.04. The Morgan fingerprint density at radius 3 is 2.50 bits per heavy atom. The van der Waals surface area contributed by atoms with Gasteiger partial charge in [-0.25, -0.2) is 4.79 Å². The second kappa shape index (κ2) is 8.70. The van der Waals surface area contributed by atoms with Crippen LogP contribution in [0.5, 0.6) is 0 Å². The van der Waals surface area contributed by atoms with Crippen molar-refractivity contribution in [3.05, 3.63) is 17.5 Å². The van der Waals surface area contributed by atoms with E-state index in [1.807, 2.05) is 20.8 Å². The highest BCUT2D eigenvalue weighted by atomic mass is 16.6. The molecule has 0 aliphatic rings. The van der Waals surface area contributed by atoms with Crippen LogP contribution in [0.4, 0.5) is 4.79 Å². The van der Waals surface area contributed by atoms with Crippen LogP contribution >= 0.6 is 0 Å². The highest BCUT2D eigenvalue weighted by Gasteiger charge is 2.20. The number of carbonyl (C=O) groups excluding carboxylic acids is 2. The topological polar surface area (TPSA) is 93.5 Å². The van der Waals surface area contributed by atoms with E-state index in [1.165, 1.54) is 0 Å². The largest absolute Gasteiger partial charge is 0.444 e. The summed E-state index contributed by atoms with van der Waals surface area (Å²) in [5, 5.41) is 9.44. The maximum Gasteiger partial charge on any atom is 0.407 e. The number of hydrogen-bond donors (Lipinski definition) is 2. The van der Waals surface area contributed by atoms with Crippen molar-refractivity contribution in [2.45, 2.75) is 66.0 Å². The van der Waals surface area contributed by atoms with Crippen molar-refractivity contribution in [2.75, 3.05) is 6.54 Å². The first-order chi connectivity index (χ1) is 11.0. The van der Waals surface area contributed by atoms with E-state index in [1.54, 1.807) is 13.0 Å². The molecule has 7 heteroatoms. The van der Waals surface area contributed by atoms with E-state index in [-0.39, 0.29) is 18.4 Å². The summed E-state index contributed by atoms with van der Waals surface area (Å²) in [5.74, 6) is 0.880. The first-order valence-corrected chi connectivity index (χ1v) is 8.23. The molecule has 1 atom stereocenters. The summed E-state index contributed by atoms with van der Waals surface area (Å²) in [5.41, 5.74) is 0.0334. The standard InChI is InChI=1S/C17H29N3O4/c1-11(2)7-14(19-16(22)23-17(4,5)6)10-18-15(21)9-13-8-12(3)24-20-13/h8,11,14H,7,9-10H2,1-6H3,(H,18,21)(H,19,22). The van der Waals surface area contributed by atoms with Crippen LogP contribution in [0.1, 0.15) is 52.5 Å². The number of nitrogens with one attached hydrogen (secondary N) is 2. The van der Waals surface area contributed by atoms with Crippen LogP contribution in [0.25, 0.3) is 0 Å². The van der Waals surface area contributed by atoms with E-state index in [0.717, 1.165) is 6.42 Å². The SMILES string of the molecule is Cc1cc(CC(=O)NCC(CC(C)C)NC(=O)OC(C)(C)C)no1. The molecular weight excluding hydrogens is 310 g/mol. The molecule has 0 saturated carbocycles. The number of hydrogen-bond acceptors (Lipinski definition) is 5. The number of aryl methyl sites for hydroxylation is 1. The normalized spacial score (nSPS) is 12.8. The van der Waals surface area contributed by atoms with Crippen molar-refractivity contribution in [2.24, 2.45) is 5.92 Å². The van der Waals surface area contributed by atoms with E-state index in [2.05, 4.69) is 29.6 Å². The van der Waals surface area contributed by atoms with Crippen molar-refractivity contribution in [1.29, 1.82) is 0 Å². The van der Waals surface area contributed by atoms with Gasteiger partial charge in [0.15, 0.2) is 0 Å². The Labute approximate surface area is 143 Å². The third-order valence-electron chi connectivity index (χ3n) is 3.04. The third kappa shape index (κ3) is 8.55. The minimum atomic E-state index is -0.555. The number of ether oxygens (including phenoxy) is 1. The molecule has 2 N–H and O–H groups in total. The summed E-state index contributed by atoms with van der Waals surface area (Å²) in [7, 11) is 0. The molecule has 1 rings (SSSR count). The number of aromatic nitrogens is 1. The molecule has 136 valence electrons. The highest BCUT2D eigenvalue weighted by Crippen LogP contribution is 2.09. The molecule has 0 aliphatic heterocycles. The number of nitrogens with zero attached hydrogens (tertiary/aromatic N) is 1. The average Bonchev–Trinajstić information content (AvgIpc) is 2.78. The summed E-state index contributed by atoms with van der Waals surface area (Å²) in [6.07, 6.45) is 0.412. The van der Waals surface area contributed by atoms with Crippen LogP contribution in [0.15, 0.2) is 10.6 Å². The maximum absolute atomic E-state index is 12.0. The van der Waals surface area contributed by atoms with Gasteiger partial charge < -0.3 is 19.9 Å². The molecule has 0 aromatic carbocycles. The van der Waals surface area contributed by atoms with Gasteiger partial charge in [0.2, 0.25) is 5.91 Å². The molecule has 1 unspecified atom stereocenters. The van der Waals surface area contributed by atoms with Gasteiger partial charge in [0.25, 0.3) is 0 Å². The first-order valence-electron chi connectivity index (χ1n) is 8.23. The molecule has 0 radical (unpaired) electrons. The average molecular weight is 339 g/mol. The molecule has 0 aliphatic carbocycles. The Balaban J connectivity index is 2.49. The quantitative estimate of drug-likeness (QED) is 0.796. The maximum atomic E-state index is 12.0. The number of rotatable bonds is 7. The summed E-state index contributed by atoms with van der Waals surface area (Å²) in [4.78, 5) is 23.9. The molecule has 0 bridgehead atoms. The zero-order chi connectivity index (χ0) is 18.3. The van der Waals surface area contributed by atoms with E-state index in [4.69, 9.17) is 9.26 Å². The van der Waals surface area contributed by atoms with Crippen LogP contribution in [0, 0.1) is 12.8 Å². The minimum Gasteiger partial charge on any atom is -0.444 e. The van der Waals surface area contributed by atoms with Crippen molar-refractivity contribution in [3.63, 3.8) is 0 Å². The molecule has 0 saturated heterocycles. The zero-order valence-corrected chi connectivity index (χ0v) is 15.4. The van der Waals surface area contributed by atoms with Crippen molar-refractivity contribution >= 4 is 12.0 Å². The highest BCUT2D eigenvalue weighted by molar-refractivity contribution is 5.78. The summed E-state index contributed by atoms with van der Waals surface area (Å²) >= 11 is 0. The molecule has 1 aromatic rings. The lowest BCUT2D eigenvalue weighted by Crippen LogP contribution is -2.46. The Morgan fingerprint density at radius 1 is 1.33 bits per heavy atom. The number of carbonyl (C=O) groups is 2. The van der Waals surface area contributed by atoms with Gasteiger partial charge >= 0.3 is 6.09 Å². The number of amides is 2. The smallest absolute Gasteiger partial charge is 0.407 e. The molecular formula is C17H29N3O4. The molecule has 24 heavy (non-hydrogen) atoms. The van der Waals surface area contributed by atoms with Crippen LogP contribution < -0.4 is 10.6 Å². The van der Waals surface area contributed by atoms with Gasteiger partial charge in [-0.15, -0.1) is 0 Å². The van der Waals surface area contributed by atoms with Gasteiger partial charge in [-0.3, -0.25) is 4.79 Å². The van der Waals surface area contributed by atoms with Gasteiger partial charge in [0.05, 0.1) is 12.1 Å². The molecule has 7 nitrogen and oxygen atoms in total. The Bertz CT molecular complexity index is 546. The predicted octanol–water partition coefficient (Wildman–Crippen LogP) is 2.58. The molecule has 0 fully saturated rings. The Morgan fingerprint density at radius 2 is 2.00 bits per heavy atom. The summed E-state index contributed by atoms with van der Waals surface area (Å²) < 4.78 is 10.2. The predicted molar refractivity (Wildman–Crippen MR) is 90.6 cm³/mol. The lowest BCUT2D eigenvalue weighted by molar-refractivity contribution is -0.120. The van der Waals surface area contributed by atoms with Crippen LogP contribution in [0.3, 0.4) is 0 Å². The molecule has 2 amide bonds. The second-order valence-corrected chi connectivity index (χ2v) is 7.38. The van der Waals surface area contributed by atoms with Crippen molar-refractivity contribution in [1.82, 2.24) is 15.8 Å². The van der Waals surface area contributed by atoms with Crippen LogP contribution in [-0.2, 0) is 16.0 Å². The van der Waals surface area contributed by atoms with Gasteiger partial charge in [-0.2, -0.15) is 0 Å². The van der Waals surface area contributed by atoms with Gasteiger partial charge in [0, 0.05) is 18.7 Å². The zero-order valence-electron chi connectivity index (χ0n) is 15.4. The second-order valence-electron chi connectivity index (χ2n) is 7.38. The van der Waals surface area contributed by atoms with Gasteiger partial charge in [-0.1, -0.05) is 19.0 Å². The summed E-state index contributed by atoms with van der Waals surface area (Å²) in [6.45, 7) is 11.7. The summed E-state index contributed by atoms with van der Waals surface area (Å²) in [6, 6.07) is 1.53. The Kier molecular flexibility index (Phi) is 7.25. The first kappa shape index (κ1) is 20.0. The van der Waals surface area contributed by atoms with E-state index >= 15 is 0 Å². The fourth-order valence-corrected chi connectivity index (χ4v) is 2.20. The van der Waals surface area contributed by atoms with E-state index in [0.29, 0.717) is 23.9 Å². The van der Waals surface area contributed by atoms with Crippen molar-refractivity contribution < 1.29 is 18.8 Å². The number of alkyl carbamates (subject to hydrolysis) is 1. The molecule has 1 aromatic heterocycles. The lowest BCUT2D eigenvalue weighted by Gasteiger charge is -2.24. The van der Waals surface area contributed by atoms with E-state index < -0.39 is 11.7 Å². The Hall–Kier alpha value is -2.05. The fraction of sp³-hybridized carbons (Fsp3) is 0.706. The van der Waals surface area contributed by atoms with Gasteiger partial charge in [0.1, 0.15) is 11.4 Å². The fourth-order valence-electron chi connectivity index (χ4n) is 2.20. The van der Waals surface area contributed by atoms with Gasteiger partial charge in [-0.05, 0) is 40.0 Å². The van der Waals surface area contributed by atoms with Crippen LogP contribution in [0.2, 0.25) is 0 Å². The van der Waals surface area contributed by atoms with Crippen LogP contribution in [-0.4, -0.2) is 35.3 Å².